The molecular formula is C11H24N2S. The van der Waals surface area contributed by atoms with Crippen LogP contribution in [0, 0.1) is 11.8 Å². The molecule has 1 N–H and O–H groups in total. The van der Waals surface area contributed by atoms with E-state index in [4.69, 9.17) is 0 Å². The molecule has 14 heavy (non-hydrogen) atoms. The van der Waals surface area contributed by atoms with Crippen molar-refractivity contribution < 1.29 is 0 Å². The molecule has 0 aromatic heterocycles. The lowest BCUT2D eigenvalue weighted by molar-refractivity contribution is 0.288. The molecule has 1 saturated heterocycles. The van der Waals surface area contributed by atoms with Gasteiger partial charge in [-0.1, -0.05) is 6.92 Å². The topological polar surface area (TPSA) is 15.3 Å². The lowest BCUT2D eigenvalue weighted by atomic mass is 10.1. The first-order chi connectivity index (χ1) is 6.76. The van der Waals surface area contributed by atoms with Crippen LogP contribution in [0.3, 0.4) is 0 Å². The van der Waals surface area contributed by atoms with Crippen molar-refractivity contribution in [3.05, 3.63) is 0 Å². The van der Waals surface area contributed by atoms with Crippen LogP contribution >= 0.6 is 11.8 Å². The minimum atomic E-state index is 0.846. The van der Waals surface area contributed by atoms with Crippen LogP contribution in [0.1, 0.15) is 13.3 Å². The molecule has 1 aliphatic rings. The fraction of sp³-hybridized carbons (Fsp3) is 1.00. The Morgan fingerprint density at radius 3 is 3.00 bits per heavy atom. The lowest BCUT2D eigenvalue weighted by Gasteiger charge is -2.20. The number of hydrogen-bond acceptors (Lipinski definition) is 3. The zero-order chi connectivity index (χ0) is 10.4. The molecule has 0 aromatic carbocycles. The van der Waals surface area contributed by atoms with E-state index in [2.05, 4.69) is 30.4 Å². The van der Waals surface area contributed by atoms with Crippen molar-refractivity contribution in [2.24, 2.45) is 11.8 Å². The SMILES string of the molecule is CNCC1CCN(CC(C)CSC)C1. The summed E-state index contributed by atoms with van der Waals surface area (Å²) in [5, 5.41) is 3.28. The molecule has 2 atom stereocenters. The van der Waals surface area contributed by atoms with Crippen LogP contribution in [0.2, 0.25) is 0 Å². The van der Waals surface area contributed by atoms with Gasteiger partial charge in [0.15, 0.2) is 0 Å². The van der Waals surface area contributed by atoms with E-state index in [-0.39, 0.29) is 0 Å². The third-order valence-corrected chi connectivity index (χ3v) is 3.79. The van der Waals surface area contributed by atoms with Gasteiger partial charge in [-0.3, -0.25) is 0 Å². The first kappa shape index (κ1) is 12.3. The highest BCUT2D eigenvalue weighted by Gasteiger charge is 2.22. The van der Waals surface area contributed by atoms with Crippen molar-refractivity contribution in [3.8, 4) is 0 Å². The van der Waals surface area contributed by atoms with Gasteiger partial charge in [-0.15, -0.1) is 0 Å². The molecule has 0 spiro atoms. The monoisotopic (exact) mass is 216 g/mol. The number of hydrogen-bond donors (Lipinski definition) is 1. The van der Waals surface area contributed by atoms with Gasteiger partial charge in [-0.2, -0.15) is 11.8 Å². The molecule has 1 fully saturated rings. The normalized spacial score (nSPS) is 25.5. The molecule has 0 saturated carbocycles. The maximum atomic E-state index is 3.28. The molecule has 0 aliphatic carbocycles. The van der Waals surface area contributed by atoms with Gasteiger partial charge in [0.1, 0.15) is 0 Å². The molecule has 0 radical (unpaired) electrons. The zero-order valence-electron chi connectivity index (χ0n) is 9.75. The molecule has 2 nitrogen and oxygen atoms in total. The van der Waals surface area contributed by atoms with E-state index in [1.165, 1.54) is 38.4 Å². The summed E-state index contributed by atoms with van der Waals surface area (Å²) in [5.41, 5.74) is 0. The Balaban J connectivity index is 2.15. The molecule has 1 rings (SSSR count). The molecule has 84 valence electrons. The van der Waals surface area contributed by atoms with Gasteiger partial charge in [0.25, 0.3) is 0 Å². The van der Waals surface area contributed by atoms with Gasteiger partial charge in [-0.25, -0.2) is 0 Å². The van der Waals surface area contributed by atoms with Crippen molar-refractivity contribution in [1.29, 1.82) is 0 Å². The maximum Gasteiger partial charge on any atom is 0.00224 e. The van der Waals surface area contributed by atoms with Crippen LogP contribution in [0.25, 0.3) is 0 Å². The van der Waals surface area contributed by atoms with Gasteiger partial charge in [-0.05, 0) is 50.4 Å². The largest absolute Gasteiger partial charge is 0.319 e. The van der Waals surface area contributed by atoms with Crippen LogP contribution in [0.4, 0.5) is 0 Å². The molecule has 1 heterocycles. The minimum absolute atomic E-state index is 0.846. The third kappa shape index (κ3) is 4.20. The van der Waals surface area contributed by atoms with Crippen molar-refractivity contribution in [1.82, 2.24) is 10.2 Å². The van der Waals surface area contributed by atoms with Gasteiger partial charge in [0, 0.05) is 13.1 Å². The summed E-state index contributed by atoms with van der Waals surface area (Å²) in [4.78, 5) is 2.63. The number of nitrogens with zero attached hydrogens (tertiary/aromatic N) is 1. The van der Waals surface area contributed by atoms with E-state index in [9.17, 15) is 0 Å². The predicted octanol–water partition coefficient (Wildman–Crippen LogP) is 1.53. The van der Waals surface area contributed by atoms with E-state index >= 15 is 0 Å². The summed E-state index contributed by atoms with van der Waals surface area (Å²) in [7, 11) is 2.05. The van der Waals surface area contributed by atoms with E-state index in [0.717, 1.165) is 11.8 Å². The summed E-state index contributed by atoms with van der Waals surface area (Å²) in [6, 6.07) is 0. The third-order valence-electron chi connectivity index (χ3n) is 2.88. The maximum absolute atomic E-state index is 3.28. The Hall–Kier alpha value is 0.270. The highest BCUT2D eigenvalue weighted by Crippen LogP contribution is 2.17. The van der Waals surface area contributed by atoms with Gasteiger partial charge in [0.05, 0.1) is 0 Å². The fourth-order valence-corrected chi connectivity index (χ4v) is 2.99. The molecule has 0 amide bonds. The summed E-state index contributed by atoms with van der Waals surface area (Å²) in [6.07, 6.45) is 3.58. The number of likely N-dealkylation sites (tertiary alicyclic amines) is 1. The van der Waals surface area contributed by atoms with E-state index in [1.807, 2.05) is 11.8 Å². The Morgan fingerprint density at radius 2 is 2.36 bits per heavy atom. The Labute approximate surface area is 92.8 Å². The molecule has 0 bridgehead atoms. The van der Waals surface area contributed by atoms with Crippen LogP contribution in [-0.4, -0.2) is 50.1 Å². The number of nitrogens with one attached hydrogen (secondary N) is 1. The average Bonchev–Trinajstić information content (AvgIpc) is 2.53. The van der Waals surface area contributed by atoms with Crippen LogP contribution in [0.5, 0.6) is 0 Å². The van der Waals surface area contributed by atoms with Crippen molar-refractivity contribution in [2.45, 2.75) is 13.3 Å². The van der Waals surface area contributed by atoms with Crippen molar-refractivity contribution in [3.63, 3.8) is 0 Å². The molecule has 3 heteroatoms. The Bertz CT molecular complexity index is 152. The standard InChI is InChI=1S/C11H24N2S/c1-10(9-14-3)7-13-5-4-11(8-13)6-12-2/h10-12H,4-9H2,1-3H3. The smallest absolute Gasteiger partial charge is 0.00224 e. The van der Waals surface area contributed by atoms with Crippen LogP contribution in [0.15, 0.2) is 0 Å². The second-order valence-electron chi connectivity index (χ2n) is 4.53. The average molecular weight is 216 g/mol. The van der Waals surface area contributed by atoms with E-state index in [1.54, 1.807) is 0 Å². The van der Waals surface area contributed by atoms with E-state index < -0.39 is 0 Å². The van der Waals surface area contributed by atoms with Gasteiger partial charge in [0.2, 0.25) is 0 Å². The quantitative estimate of drug-likeness (QED) is 0.725. The molecule has 1 aliphatic heterocycles. The van der Waals surface area contributed by atoms with Crippen molar-refractivity contribution >= 4 is 11.8 Å². The van der Waals surface area contributed by atoms with Gasteiger partial charge < -0.3 is 10.2 Å². The lowest BCUT2D eigenvalue weighted by Crippen LogP contribution is -2.29. The van der Waals surface area contributed by atoms with Crippen LogP contribution in [-0.2, 0) is 0 Å². The summed E-state index contributed by atoms with van der Waals surface area (Å²) < 4.78 is 0. The second kappa shape index (κ2) is 6.70. The second-order valence-corrected chi connectivity index (χ2v) is 5.44. The summed E-state index contributed by atoms with van der Waals surface area (Å²) in [5.74, 6) is 3.03. The minimum Gasteiger partial charge on any atom is -0.319 e. The van der Waals surface area contributed by atoms with Gasteiger partial charge >= 0.3 is 0 Å². The molecule has 2 unspecified atom stereocenters. The Morgan fingerprint density at radius 1 is 1.57 bits per heavy atom. The number of rotatable bonds is 6. The first-order valence-electron chi connectivity index (χ1n) is 5.62. The predicted molar refractivity (Wildman–Crippen MR) is 66.0 cm³/mol. The Kier molecular flexibility index (Phi) is 5.90. The van der Waals surface area contributed by atoms with Crippen LogP contribution < -0.4 is 5.32 Å². The fourth-order valence-electron chi connectivity index (χ4n) is 2.31. The zero-order valence-corrected chi connectivity index (χ0v) is 10.6. The molecular weight excluding hydrogens is 192 g/mol. The van der Waals surface area contributed by atoms with Crippen molar-refractivity contribution in [2.75, 3.05) is 45.2 Å². The molecule has 0 aromatic rings. The first-order valence-corrected chi connectivity index (χ1v) is 7.01. The number of thioether (sulfide) groups is 1. The summed E-state index contributed by atoms with van der Waals surface area (Å²) >= 11 is 1.97. The highest BCUT2D eigenvalue weighted by atomic mass is 32.2. The highest BCUT2D eigenvalue weighted by molar-refractivity contribution is 7.98. The summed E-state index contributed by atoms with van der Waals surface area (Å²) in [6.45, 7) is 7.46. The van der Waals surface area contributed by atoms with E-state index in [0.29, 0.717) is 0 Å².